The summed E-state index contributed by atoms with van der Waals surface area (Å²) in [6.07, 6.45) is 1.90. The predicted molar refractivity (Wildman–Crippen MR) is 44.4 cm³/mol. The number of dihydropyridines is 1. The Morgan fingerprint density at radius 2 is 2.27 bits per heavy atom. The quantitative estimate of drug-likeness (QED) is 0.595. The number of carbonyl (C=O) groups is 1. The van der Waals surface area contributed by atoms with E-state index in [0.29, 0.717) is 6.54 Å². The van der Waals surface area contributed by atoms with Crippen molar-refractivity contribution in [3.05, 3.63) is 11.6 Å². The third-order valence-corrected chi connectivity index (χ3v) is 1.81. The molecule has 1 aliphatic rings. The van der Waals surface area contributed by atoms with Gasteiger partial charge in [-0.15, -0.1) is 0 Å². The zero-order valence-electron chi connectivity index (χ0n) is 6.79. The maximum atomic E-state index is 11.1. The summed E-state index contributed by atoms with van der Waals surface area (Å²) in [5.41, 5.74) is 7.19. The van der Waals surface area contributed by atoms with E-state index in [1.54, 1.807) is 0 Å². The molecule has 0 unspecified atom stereocenters. The van der Waals surface area contributed by atoms with Gasteiger partial charge in [0.15, 0.2) is 0 Å². The van der Waals surface area contributed by atoms with E-state index in [4.69, 9.17) is 5.73 Å². The lowest BCUT2D eigenvalue weighted by atomic mass is 9.96. The van der Waals surface area contributed by atoms with Crippen LogP contribution in [0.2, 0.25) is 0 Å². The van der Waals surface area contributed by atoms with Crippen LogP contribution < -0.4 is 5.73 Å². The SMILES string of the molecule is CC1=CC(C)=NC(=O)[C@@H]1CN. The number of nitrogens with two attached hydrogens (primary N) is 1. The fourth-order valence-electron chi connectivity index (χ4n) is 1.20. The number of aliphatic imine (C=N–C) groups is 1. The molecule has 3 heteroatoms. The fourth-order valence-corrected chi connectivity index (χ4v) is 1.20. The second-order valence-electron chi connectivity index (χ2n) is 2.77. The smallest absolute Gasteiger partial charge is 0.254 e. The van der Waals surface area contributed by atoms with Crippen molar-refractivity contribution in [3.63, 3.8) is 0 Å². The van der Waals surface area contributed by atoms with E-state index in [0.717, 1.165) is 11.3 Å². The van der Waals surface area contributed by atoms with Crippen LogP contribution in [-0.2, 0) is 4.79 Å². The predicted octanol–water partition coefficient (Wildman–Crippen LogP) is 0.509. The molecule has 1 atom stereocenters. The first-order chi connectivity index (χ1) is 5.15. The molecular weight excluding hydrogens is 140 g/mol. The van der Waals surface area contributed by atoms with Gasteiger partial charge in [-0.05, 0) is 19.9 Å². The third kappa shape index (κ3) is 1.54. The van der Waals surface area contributed by atoms with E-state index in [2.05, 4.69) is 4.99 Å². The maximum absolute atomic E-state index is 11.1. The highest BCUT2D eigenvalue weighted by molar-refractivity contribution is 6.05. The van der Waals surface area contributed by atoms with Crippen LogP contribution in [0.1, 0.15) is 13.8 Å². The van der Waals surface area contributed by atoms with Gasteiger partial charge in [-0.2, -0.15) is 0 Å². The zero-order chi connectivity index (χ0) is 8.43. The van der Waals surface area contributed by atoms with Gasteiger partial charge >= 0.3 is 0 Å². The van der Waals surface area contributed by atoms with Gasteiger partial charge in [0.25, 0.3) is 5.91 Å². The van der Waals surface area contributed by atoms with E-state index in [-0.39, 0.29) is 11.8 Å². The summed E-state index contributed by atoms with van der Waals surface area (Å²) in [5, 5.41) is 0. The van der Waals surface area contributed by atoms with Gasteiger partial charge in [-0.3, -0.25) is 4.79 Å². The number of rotatable bonds is 1. The molecule has 11 heavy (non-hydrogen) atoms. The normalized spacial score (nSPS) is 24.6. The summed E-state index contributed by atoms with van der Waals surface area (Å²) < 4.78 is 0. The summed E-state index contributed by atoms with van der Waals surface area (Å²) in [6, 6.07) is 0. The molecule has 3 nitrogen and oxygen atoms in total. The fraction of sp³-hybridized carbons (Fsp3) is 0.500. The van der Waals surface area contributed by atoms with E-state index >= 15 is 0 Å². The Morgan fingerprint density at radius 3 is 2.73 bits per heavy atom. The zero-order valence-corrected chi connectivity index (χ0v) is 6.79. The van der Waals surface area contributed by atoms with Crippen molar-refractivity contribution < 1.29 is 4.79 Å². The van der Waals surface area contributed by atoms with E-state index in [9.17, 15) is 4.79 Å². The first kappa shape index (κ1) is 8.14. The molecular formula is C8H12N2O. The highest BCUT2D eigenvalue weighted by atomic mass is 16.1. The molecule has 0 aromatic heterocycles. The van der Waals surface area contributed by atoms with Crippen LogP contribution in [0.3, 0.4) is 0 Å². The number of carbonyl (C=O) groups excluding carboxylic acids is 1. The van der Waals surface area contributed by atoms with Crippen molar-refractivity contribution in [1.29, 1.82) is 0 Å². The molecule has 1 amide bonds. The standard InChI is InChI=1S/C8H12N2O/c1-5-3-6(2)10-8(11)7(5)4-9/h3,7H,4,9H2,1-2H3/t7-/m1/s1. The minimum atomic E-state index is -0.182. The molecule has 60 valence electrons. The van der Waals surface area contributed by atoms with Gasteiger partial charge in [-0.1, -0.05) is 5.57 Å². The molecule has 0 saturated carbocycles. The van der Waals surface area contributed by atoms with Crippen molar-refractivity contribution in [1.82, 2.24) is 0 Å². The average molecular weight is 152 g/mol. The number of allylic oxidation sites excluding steroid dienone is 1. The van der Waals surface area contributed by atoms with Crippen molar-refractivity contribution in [2.24, 2.45) is 16.6 Å². The van der Waals surface area contributed by atoms with Gasteiger partial charge in [0, 0.05) is 12.3 Å². The Bertz CT molecular complexity index is 240. The molecule has 0 spiro atoms. The molecule has 1 heterocycles. The first-order valence-corrected chi connectivity index (χ1v) is 3.62. The molecule has 1 aliphatic heterocycles. The van der Waals surface area contributed by atoms with Gasteiger partial charge < -0.3 is 5.73 Å². The maximum Gasteiger partial charge on any atom is 0.254 e. The average Bonchev–Trinajstić information content (AvgIpc) is 1.85. The lowest BCUT2D eigenvalue weighted by molar-refractivity contribution is -0.120. The Kier molecular flexibility index (Phi) is 2.19. The summed E-state index contributed by atoms with van der Waals surface area (Å²) in [6.45, 7) is 4.08. The molecule has 1 rings (SSSR count). The molecule has 0 radical (unpaired) electrons. The van der Waals surface area contributed by atoms with Crippen LogP contribution in [0.15, 0.2) is 16.6 Å². The lowest BCUT2D eigenvalue weighted by Gasteiger charge is -2.15. The highest BCUT2D eigenvalue weighted by Crippen LogP contribution is 2.15. The number of nitrogens with zero attached hydrogens (tertiary/aromatic N) is 1. The van der Waals surface area contributed by atoms with Gasteiger partial charge in [0.2, 0.25) is 0 Å². The Balaban J connectivity index is 2.91. The summed E-state index contributed by atoms with van der Waals surface area (Å²) in [7, 11) is 0. The molecule has 2 N–H and O–H groups in total. The first-order valence-electron chi connectivity index (χ1n) is 3.62. The number of amides is 1. The summed E-state index contributed by atoms with van der Waals surface area (Å²) >= 11 is 0. The van der Waals surface area contributed by atoms with Crippen LogP contribution >= 0.6 is 0 Å². The van der Waals surface area contributed by atoms with Crippen molar-refractivity contribution in [2.75, 3.05) is 6.54 Å². The molecule has 0 aromatic carbocycles. The minimum absolute atomic E-state index is 0.106. The number of hydrogen-bond acceptors (Lipinski definition) is 2. The molecule has 0 aromatic rings. The van der Waals surface area contributed by atoms with Crippen LogP contribution in [0, 0.1) is 5.92 Å². The molecule has 0 bridgehead atoms. The van der Waals surface area contributed by atoms with Crippen LogP contribution in [0.25, 0.3) is 0 Å². The second kappa shape index (κ2) is 2.96. The molecule has 0 fully saturated rings. The van der Waals surface area contributed by atoms with E-state index < -0.39 is 0 Å². The van der Waals surface area contributed by atoms with E-state index in [1.807, 2.05) is 19.9 Å². The summed E-state index contributed by atoms with van der Waals surface area (Å²) in [5.74, 6) is -0.288. The highest BCUT2D eigenvalue weighted by Gasteiger charge is 2.21. The van der Waals surface area contributed by atoms with Crippen molar-refractivity contribution in [3.8, 4) is 0 Å². The van der Waals surface area contributed by atoms with Crippen LogP contribution in [0.5, 0.6) is 0 Å². The topological polar surface area (TPSA) is 55.5 Å². The molecule has 0 saturated heterocycles. The van der Waals surface area contributed by atoms with Crippen molar-refractivity contribution >= 4 is 11.6 Å². The third-order valence-electron chi connectivity index (χ3n) is 1.81. The monoisotopic (exact) mass is 152 g/mol. The van der Waals surface area contributed by atoms with Crippen LogP contribution in [0.4, 0.5) is 0 Å². The lowest BCUT2D eigenvalue weighted by Crippen LogP contribution is -2.26. The van der Waals surface area contributed by atoms with Crippen LogP contribution in [-0.4, -0.2) is 18.2 Å². The summed E-state index contributed by atoms with van der Waals surface area (Å²) in [4.78, 5) is 14.9. The van der Waals surface area contributed by atoms with Crippen molar-refractivity contribution in [2.45, 2.75) is 13.8 Å². The molecule has 0 aliphatic carbocycles. The largest absolute Gasteiger partial charge is 0.329 e. The minimum Gasteiger partial charge on any atom is -0.329 e. The van der Waals surface area contributed by atoms with Gasteiger partial charge in [0.05, 0.1) is 5.92 Å². The van der Waals surface area contributed by atoms with Gasteiger partial charge in [-0.25, -0.2) is 4.99 Å². The van der Waals surface area contributed by atoms with E-state index in [1.165, 1.54) is 0 Å². The Morgan fingerprint density at radius 1 is 1.64 bits per heavy atom. The Labute approximate surface area is 66.0 Å². The Hall–Kier alpha value is -0.960. The number of hydrogen-bond donors (Lipinski definition) is 1. The van der Waals surface area contributed by atoms with Gasteiger partial charge in [0.1, 0.15) is 0 Å². The second-order valence-corrected chi connectivity index (χ2v) is 2.77.